The highest BCUT2D eigenvalue weighted by atomic mass is 28.3. The van der Waals surface area contributed by atoms with Gasteiger partial charge in [-0.15, -0.1) is 5.54 Å². The van der Waals surface area contributed by atoms with E-state index in [0.717, 1.165) is 12.0 Å². The topological polar surface area (TPSA) is 0 Å². The molecule has 0 bridgehead atoms. The quantitative estimate of drug-likeness (QED) is 0.409. The molecule has 0 aliphatic rings. The van der Waals surface area contributed by atoms with Gasteiger partial charge in [-0.05, 0) is 46.3 Å². The summed E-state index contributed by atoms with van der Waals surface area (Å²) in [4.78, 5) is 0. The zero-order valence-corrected chi connectivity index (χ0v) is 17.6. The summed E-state index contributed by atoms with van der Waals surface area (Å²) in [7, 11) is -1.65. The first-order valence-corrected chi connectivity index (χ1v) is 11.8. The molecule has 0 aromatic heterocycles. The molecule has 0 saturated heterocycles. The van der Waals surface area contributed by atoms with Crippen molar-refractivity contribution in [3.05, 3.63) is 71.3 Å². The predicted molar refractivity (Wildman–Crippen MR) is 114 cm³/mol. The van der Waals surface area contributed by atoms with Crippen LogP contribution in [0.3, 0.4) is 0 Å². The highest BCUT2D eigenvalue weighted by Gasteiger charge is 2.41. The van der Waals surface area contributed by atoms with E-state index >= 15 is 0 Å². The van der Waals surface area contributed by atoms with E-state index in [4.69, 9.17) is 0 Å². The van der Waals surface area contributed by atoms with E-state index in [9.17, 15) is 0 Å². The monoisotopic (exact) mass is 348 g/mol. The first-order valence-electron chi connectivity index (χ1n) is 9.52. The summed E-state index contributed by atoms with van der Waals surface area (Å²) in [5.74, 6) is 3.53. The van der Waals surface area contributed by atoms with Gasteiger partial charge in [0.05, 0.1) is 0 Å². The number of rotatable bonds is 5. The van der Waals surface area contributed by atoms with Gasteiger partial charge < -0.3 is 0 Å². The zero-order valence-electron chi connectivity index (χ0n) is 16.6. The molecule has 0 spiro atoms. The second-order valence-electron chi connectivity index (χ2n) is 8.01. The van der Waals surface area contributed by atoms with Crippen molar-refractivity contribution in [2.75, 3.05) is 0 Å². The summed E-state index contributed by atoms with van der Waals surface area (Å²) >= 11 is 0. The molecule has 0 saturated carbocycles. The molecule has 0 radical (unpaired) electrons. The summed E-state index contributed by atoms with van der Waals surface area (Å²) in [5.41, 5.74) is 9.69. The van der Waals surface area contributed by atoms with Crippen molar-refractivity contribution in [1.29, 1.82) is 0 Å². The van der Waals surface area contributed by atoms with E-state index in [0.29, 0.717) is 16.6 Å². The minimum Gasteiger partial charge on any atom is -0.125 e. The molecule has 0 aliphatic heterocycles. The maximum atomic E-state index is 3.81. The van der Waals surface area contributed by atoms with E-state index in [1.54, 1.807) is 0 Å². The Kier molecular flexibility index (Phi) is 6.68. The maximum absolute atomic E-state index is 3.81. The Balaban J connectivity index is 2.22. The van der Waals surface area contributed by atoms with E-state index in [-0.39, 0.29) is 0 Å². The van der Waals surface area contributed by atoms with Gasteiger partial charge in [0.1, 0.15) is 8.07 Å². The van der Waals surface area contributed by atoms with Crippen molar-refractivity contribution in [2.24, 2.45) is 0 Å². The number of hydrogen-bond donors (Lipinski definition) is 0. The molecule has 0 atom stereocenters. The lowest BCUT2D eigenvalue weighted by molar-refractivity contribution is 0.838. The van der Waals surface area contributed by atoms with Gasteiger partial charge in [0.15, 0.2) is 0 Å². The molecule has 0 aliphatic carbocycles. The molecule has 25 heavy (non-hydrogen) atoms. The highest BCUT2D eigenvalue weighted by molar-refractivity contribution is 6.90. The lowest BCUT2D eigenvalue weighted by Gasteiger charge is -2.38. The molecular formula is C24H32Si. The normalized spacial score (nSPS) is 11.7. The minimum atomic E-state index is -1.65. The summed E-state index contributed by atoms with van der Waals surface area (Å²) in [6.07, 6.45) is 0.983. The molecule has 0 amide bonds. The van der Waals surface area contributed by atoms with Crippen molar-refractivity contribution < 1.29 is 0 Å². The van der Waals surface area contributed by atoms with E-state index in [1.165, 1.54) is 11.1 Å². The van der Waals surface area contributed by atoms with Crippen LogP contribution < -0.4 is 0 Å². The molecule has 0 unspecified atom stereocenters. The molecule has 2 rings (SSSR count). The molecule has 0 N–H and O–H groups in total. The summed E-state index contributed by atoms with van der Waals surface area (Å²) < 4.78 is 0. The van der Waals surface area contributed by atoms with Gasteiger partial charge in [-0.25, -0.2) is 0 Å². The third kappa shape index (κ3) is 4.64. The molecule has 0 heterocycles. The third-order valence-electron chi connectivity index (χ3n) is 5.49. The van der Waals surface area contributed by atoms with Gasteiger partial charge in [0.2, 0.25) is 0 Å². The molecule has 0 fully saturated rings. The van der Waals surface area contributed by atoms with Crippen LogP contribution in [0.4, 0.5) is 0 Å². The Hall–Kier alpha value is -1.78. The fourth-order valence-corrected chi connectivity index (χ4v) is 9.38. The van der Waals surface area contributed by atoms with Gasteiger partial charge in [-0.1, -0.05) is 89.9 Å². The fraction of sp³-hybridized carbons (Fsp3) is 0.417. The number of hydrogen-bond acceptors (Lipinski definition) is 0. The SMILES string of the molecule is CC(C)[Si](C#Cc1ccc(Cc2ccccc2)cc1)(C(C)C)C(C)C. The van der Waals surface area contributed by atoms with Crippen LogP contribution in [0.2, 0.25) is 16.6 Å². The number of benzene rings is 2. The van der Waals surface area contributed by atoms with Gasteiger partial charge in [0.25, 0.3) is 0 Å². The van der Waals surface area contributed by atoms with Crippen LogP contribution in [0.1, 0.15) is 58.2 Å². The Labute approximate surface area is 155 Å². The zero-order chi connectivity index (χ0) is 18.4. The van der Waals surface area contributed by atoms with Crippen molar-refractivity contribution in [2.45, 2.75) is 64.6 Å². The van der Waals surface area contributed by atoms with Crippen LogP contribution in [0.5, 0.6) is 0 Å². The van der Waals surface area contributed by atoms with Crippen LogP contribution >= 0.6 is 0 Å². The summed E-state index contributed by atoms with van der Waals surface area (Å²) in [5, 5.41) is 0. The second kappa shape index (κ2) is 8.54. The molecule has 2 aromatic carbocycles. The molecular weight excluding hydrogens is 316 g/mol. The van der Waals surface area contributed by atoms with Crippen molar-refractivity contribution in [3.63, 3.8) is 0 Å². The average molecular weight is 349 g/mol. The fourth-order valence-electron chi connectivity index (χ4n) is 4.15. The summed E-state index contributed by atoms with van der Waals surface area (Å²) in [6.45, 7) is 14.2. The first kappa shape index (κ1) is 19.5. The van der Waals surface area contributed by atoms with Gasteiger partial charge in [-0.2, -0.15) is 0 Å². The Morgan fingerprint density at radius 3 is 1.64 bits per heavy atom. The highest BCUT2D eigenvalue weighted by Crippen LogP contribution is 2.40. The Morgan fingerprint density at radius 2 is 1.16 bits per heavy atom. The van der Waals surface area contributed by atoms with Crippen molar-refractivity contribution in [3.8, 4) is 11.5 Å². The van der Waals surface area contributed by atoms with Crippen molar-refractivity contribution >= 4 is 8.07 Å². The van der Waals surface area contributed by atoms with Gasteiger partial charge in [0, 0.05) is 5.56 Å². The van der Waals surface area contributed by atoms with Crippen LogP contribution in [0.15, 0.2) is 54.6 Å². The molecule has 2 aromatic rings. The lowest BCUT2D eigenvalue weighted by atomic mass is 10.0. The largest absolute Gasteiger partial charge is 0.146 e. The predicted octanol–water partition coefficient (Wildman–Crippen LogP) is 6.85. The van der Waals surface area contributed by atoms with Crippen LogP contribution in [0.25, 0.3) is 0 Å². The lowest BCUT2D eigenvalue weighted by Crippen LogP contribution is -2.43. The van der Waals surface area contributed by atoms with E-state index in [2.05, 4.69) is 108 Å². The van der Waals surface area contributed by atoms with E-state index < -0.39 is 8.07 Å². The summed E-state index contributed by atoms with van der Waals surface area (Å²) in [6, 6.07) is 19.4. The second-order valence-corrected chi connectivity index (χ2v) is 13.6. The molecule has 0 nitrogen and oxygen atoms in total. The van der Waals surface area contributed by atoms with Gasteiger partial charge >= 0.3 is 0 Å². The van der Waals surface area contributed by atoms with Crippen LogP contribution in [-0.2, 0) is 6.42 Å². The van der Waals surface area contributed by atoms with Crippen LogP contribution in [0, 0.1) is 11.5 Å². The Bertz CT molecular complexity index is 690. The van der Waals surface area contributed by atoms with Crippen LogP contribution in [-0.4, -0.2) is 8.07 Å². The standard InChI is InChI=1S/C24H32Si/c1-19(2)25(20(3)4,21(5)6)17-16-22-12-14-24(15-13-22)18-23-10-8-7-9-11-23/h7-15,19-21H,18H2,1-6H3. The molecule has 1 heteroatoms. The first-order chi connectivity index (χ1) is 11.9. The Morgan fingerprint density at radius 1 is 0.680 bits per heavy atom. The minimum absolute atomic E-state index is 0.678. The third-order valence-corrected chi connectivity index (χ3v) is 11.8. The maximum Gasteiger partial charge on any atom is 0.146 e. The van der Waals surface area contributed by atoms with Gasteiger partial charge in [-0.3, -0.25) is 0 Å². The van der Waals surface area contributed by atoms with E-state index in [1.807, 2.05) is 0 Å². The van der Waals surface area contributed by atoms with Crippen molar-refractivity contribution in [1.82, 2.24) is 0 Å². The average Bonchev–Trinajstić information content (AvgIpc) is 2.57. The smallest absolute Gasteiger partial charge is 0.125 e. The molecule has 132 valence electrons.